The summed E-state index contributed by atoms with van der Waals surface area (Å²) < 4.78 is 0. The van der Waals surface area contributed by atoms with E-state index in [-0.39, 0.29) is 0 Å². The van der Waals surface area contributed by atoms with Gasteiger partial charge in [0.25, 0.3) is 0 Å². The van der Waals surface area contributed by atoms with Gasteiger partial charge in [-0.1, -0.05) is 52.1 Å². The maximum atomic E-state index is 5.85. The molecule has 1 rings (SSSR count). The Hall–Kier alpha value is -0.0500. The van der Waals surface area contributed by atoms with Crippen LogP contribution in [-0.2, 0) is 0 Å². The molecule has 2 nitrogen and oxygen atoms in total. The van der Waals surface area contributed by atoms with E-state index >= 15 is 0 Å². The highest BCUT2D eigenvalue weighted by Gasteiger charge is 2.32. The van der Waals surface area contributed by atoms with Gasteiger partial charge in [0, 0.05) is 37.3 Å². The summed E-state index contributed by atoms with van der Waals surface area (Å²) in [5.74, 6) is 1.47. The quantitative estimate of drug-likeness (QED) is 0.797. The number of hydrogen-bond acceptors (Lipinski definition) is 2. The van der Waals surface area contributed by atoms with Crippen molar-refractivity contribution in [2.75, 3.05) is 19.6 Å². The highest BCUT2D eigenvalue weighted by molar-refractivity contribution is 6.25. The van der Waals surface area contributed by atoms with Crippen molar-refractivity contribution in [1.82, 2.24) is 10.2 Å². The van der Waals surface area contributed by atoms with E-state index < -0.39 is 0 Å². The smallest absolute Gasteiger partial charge is 0.0250 e. The van der Waals surface area contributed by atoms with Gasteiger partial charge in [-0.05, 0) is 24.3 Å². The molecule has 0 aromatic rings. The molecule has 1 aliphatic heterocycles. The highest BCUT2D eigenvalue weighted by Crippen LogP contribution is 2.22. The number of piperazine rings is 1. The van der Waals surface area contributed by atoms with E-state index in [0.717, 1.165) is 31.5 Å². The molecule has 3 heteroatoms. The molecule has 0 spiro atoms. The molecule has 0 amide bonds. The molecular weight excluding hydrogens is 256 g/mol. The zero-order valence-corrected chi connectivity index (χ0v) is 14.0. The predicted octanol–water partition coefficient (Wildman–Crippen LogP) is 3.86. The number of nitrogens with zero attached hydrogens (tertiary/aromatic N) is 1. The van der Waals surface area contributed by atoms with Crippen LogP contribution in [-0.4, -0.2) is 36.6 Å². The third kappa shape index (κ3) is 4.77. The summed E-state index contributed by atoms with van der Waals surface area (Å²) in [4.78, 5) is 2.63. The van der Waals surface area contributed by atoms with E-state index in [1.807, 2.05) is 0 Å². The van der Waals surface area contributed by atoms with E-state index in [9.17, 15) is 0 Å². The van der Waals surface area contributed by atoms with E-state index in [1.165, 1.54) is 18.4 Å². The van der Waals surface area contributed by atoms with Crippen LogP contribution in [0.4, 0.5) is 0 Å². The van der Waals surface area contributed by atoms with Crippen molar-refractivity contribution in [2.24, 2.45) is 11.8 Å². The normalized spacial score (nSPS) is 29.3. The molecule has 0 bridgehead atoms. The standard InChI is InChI=1S/C16H31ClN2/c1-6-13(4)15-11-19(10-12(3)8-17)16(9-18-15)14(5)7-2/h8,13-16,18H,6-7,9-11H2,1-5H3. The first-order chi connectivity index (χ1) is 9.03. The van der Waals surface area contributed by atoms with Crippen molar-refractivity contribution >= 4 is 11.6 Å². The molecule has 112 valence electrons. The molecule has 1 fully saturated rings. The van der Waals surface area contributed by atoms with Gasteiger partial charge >= 0.3 is 0 Å². The Kier molecular flexibility index (Phi) is 7.41. The second kappa shape index (κ2) is 8.28. The average Bonchev–Trinajstić information content (AvgIpc) is 2.45. The van der Waals surface area contributed by atoms with Gasteiger partial charge in [0.15, 0.2) is 0 Å². The largest absolute Gasteiger partial charge is 0.311 e. The lowest BCUT2D eigenvalue weighted by molar-refractivity contribution is 0.0847. The van der Waals surface area contributed by atoms with Crippen molar-refractivity contribution in [1.29, 1.82) is 0 Å². The van der Waals surface area contributed by atoms with Gasteiger partial charge in [0.2, 0.25) is 0 Å². The molecule has 1 heterocycles. The fraction of sp³-hybridized carbons (Fsp3) is 0.875. The van der Waals surface area contributed by atoms with Gasteiger partial charge in [-0.15, -0.1) is 0 Å². The Morgan fingerprint density at radius 3 is 2.47 bits per heavy atom. The van der Waals surface area contributed by atoms with E-state index in [0.29, 0.717) is 12.1 Å². The first kappa shape index (κ1) is 17.0. The molecule has 1 N–H and O–H groups in total. The van der Waals surface area contributed by atoms with Crippen LogP contribution in [0.1, 0.15) is 47.5 Å². The molecule has 0 saturated carbocycles. The summed E-state index contributed by atoms with van der Waals surface area (Å²) in [7, 11) is 0. The maximum Gasteiger partial charge on any atom is 0.0250 e. The van der Waals surface area contributed by atoms with Crippen LogP contribution in [0.2, 0.25) is 0 Å². The van der Waals surface area contributed by atoms with Crippen molar-refractivity contribution in [3.63, 3.8) is 0 Å². The Balaban J connectivity index is 2.73. The summed E-state index contributed by atoms with van der Waals surface area (Å²) in [6.07, 6.45) is 2.48. The molecule has 1 aliphatic rings. The first-order valence-corrected chi connectivity index (χ1v) is 8.20. The Morgan fingerprint density at radius 2 is 1.95 bits per heavy atom. The highest BCUT2D eigenvalue weighted by atomic mass is 35.5. The van der Waals surface area contributed by atoms with Crippen LogP contribution in [0.25, 0.3) is 0 Å². The minimum atomic E-state index is 0.619. The van der Waals surface area contributed by atoms with Crippen molar-refractivity contribution < 1.29 is 0 Å². The van der Waals surface area contributed by atoms with Crippen LogP contribution in [0, 0.1) is 11.8 Å². The fourth-order valence-electron chi connectivity index (χ4n) is 2.89. The van der Waals surface area contributed by atoms with Gasteiger partial charge in [0.1, 0.15) is 0 Å². The van der Waals surface area contributed by atoms with E-state index in [1.54, 1.807) is 5.54 Å². The molecule has 4 atom stereocenters. The van der Waals surface area contributed by atoms with Gasteiger partial charge in [0.05, 0.1) is 0 Å². The van der Waals surface area contributed by atoms with E-state index in [2.05, 4.69) is 44.8 Å². The second-order valence-electron chi connectivity index (χ2n) is 6.24. The topological polar surface area (TPSA) is 15.3 Å². The molecule has 0 aromatic heterocycles. The van der Waals surface area contributed by atoms with Gasteiger partial charge < -0.3 is 5.32 Å². The van der Waals surface area contributed by atoms with Gasteiger partial charge in [-0.25, -0.2) is 0 Å². The molecule has 0 radical (unpaired) electrons. The number of halogens is 1. The van der Waals surface area contributed by atoms with Crippen LogP contribution in [0.5, 0.6) is 0 Å². The van der Waals surface area contributed by atoms with Crippen LogP contribution < -0.4 is 5.32 Å². The van der Waals surface area contributed by atoms with Crippen LogP contribution >= 0.6 is 11.6 Å². The maximum absolute atomic E-state index is 5.85. The summed E-state index contributed by atoms with van der Waals surface area (Å²) in [6.45, 7) is 14.7. The lowest BCUT2D eigenvalue weighted by atomic mass is 9.90. The minimum Gasteiger partial charge on any atom is -0.311 e. The molecule has 1 saturated heterocycles. The third-order valence-electron chi connectivity index (χ3n) is 4.76. The van der Waals surface area contributed by atoms with Crippen molar-refractivity contribution in [3.05, 3.63) is 11.1 Å². The van der Waals surface area contributed by atoms with Crippen LogP contribution in [0.3, 0.4) is 0 Å². The van der Waals surface area contributed by atoms with Crippen LogP contribution in [0.15, 0.2) is 11.1 Å². The number of hydrogen-bond donors (Lipinski definition) is 1. The number of nitrogens with one attached hydrogen (secondary N) is 1. The van der Waals surface area contributed by atoms with Crippen molar-refractivity contribution in [2.45, 2.75) is 59.5 Å². The Bertz CT molecular complexity index is 290. The zero-order chi connectivity index (χ0) is 14.4. The summed E-state index contributed by atoms with van der Waals surface area (Å²) >= 11 is 5.85. The Morgan fingerprint density at radius 1 is 1.32 bits per heavy atom. The Labute approximate surface area is 124 Å². The second-order valence-corrected chi connectivity index (χ2v) is 6.46. The SMILES string of the molecule is CCC(C)C1CN(CC(C)=CCl)C(C(C)CC)CN1. The molecule has 0 aromatic carbocycles. The summed E-state index contributed by atoms with van der Waals surface area (Å²) in [5.41, 5.74) is 2.99. The fourth-order valence-corrected chi connectivity index (χ4v) is 2.96. The van der Waals surface area contributed by atoms with E-state index in [4.69, 9.17) is 11.6 Å². The predicted molar refractivity (Wildman–Crippen MR) is 85.7 cm³/mol. The molecular formula is C16H31ClN2. The molecule has 0 aliphatic carbocycles. The lowest BCUT2D eigenvalue weighted by Crippen LogP contribution is -2.60. The molecule has 4 unspecified atom stereocenters. The monoisotopic (exact) mass is 286 g/mol. The first-order valence-electron chi connectivity index (χ1n) is 7.76. The van der Waals surface area contributed by atoms with Gasteiger partial charge in [-0.3, -0.25) is 4.90 Å². The zero-order valence-electron chi connectivity index (χ0n) is 13.2. The summed E-state index contributed by atoms with van der Waals surface area (Å²) in [5, 5.41) is 3.76. The summed E-state index contributed by atoms with van der Waals surface area (Å²) in [6, 6.07) is 1.25. The van der Waals surface area contributed by atoms with Crippen molar-refractivity contribution in [3.8, 4) is 0 Å². The minimum absolute atomic E-state index is 0.619. The lowest BCUT2D eigenvalue weighted by Gasteiger charge is -2.44. The number of rotatable bonds is 6. The average molecular weight is 287 g/mol. The molecule has 19 heavy (non-hydrogen) atoms. The third-order valence-corrected chi connectivity index (χ3v) is 5.13. The van der Waals surface area contributed by atoms with Gasteiger partial charge in [-0.2, -0.15) is 0 Å².